The van der Waals surface area contributed by atoms with Gasteiger partial charge in [0.05, 0.1) is 19.0 Å². The molecule has 3 heterocycles. The standard InChI is InChI=1S/C14H20N2O2S2/c17-13-11-20-14(12-3-1-10-19-12)16(13)5-2-4-15-6-8-18-9-7-15/h1,3,10,14H,2,4-9,11H2. The van der Waals surface area contributed by atoms with Gasteiger partial charge in [0.2, 0.25) is 5.91 Å². The first kappa shape index (κ1) is 14.4. The van der Waals surface area contributed by atoms with Crippen LogP contribution in [0.2, 0.25) is 0 Å². The number of ether oxygens (including phenoxy) is 1. The molecule has 2 aliphatic rings. The monoisotopic (exact) mass is 312 g/mol. The smallest absolute Gasteiger partial charge is 0.233 e. The second-order valence-corrected chi connectivity index (χ2v) is 7.12. The number of carbonyl (C=O) groups is 1. The van der Waals surface area contributed by atoms with E-state index in [4.69, 9.17) is 4.74 Å². The number of nitrogens with zero attached hydrogens (tertiary/aromatic N) is 2. The van der Waals surface area contributed by atoms with Crippen LogP contribution in [0.5, 0.6) is 0 Å². The molecule has 3 rings (SSSR count). The number of amides is 1. The van der Waals surface area contributed by atoms with Gasteiger partial charge >= 0.3 is 0 Å². The lowest BCUT2D eigenvalue weighted by Crippen LogP contribution is -2.38. The van der Waals surface area contributed by atoms with E-state index in [9.17, 15) is 4.79 Å². The van der Waals surface area contributed by atoms with E-state index in [2.05, 4.69) is 27.3 Å². The lowest BCUT2D eigenvalue weighted by molar-refractivity contribution is -0.128. The first-order valence-corrected chi connectivity index (χ1v) is 9.02. The van der Waals surface area contributed by atoms with E-state index in [1.54, 1.807) is 23.1 Å². The number of carbonyl (C=O) groups excluding carboxylic acids is 1. The molecule has 2 saturated heterocycles. The van der Waals surface area contributed by atoms with Crippen LogP contribution in [0.1, 0.15) is 16.7 Å². The average molecular weight is 312 g/mol. The lowest BCUT2D eigenvalue weighted by atomic mass is 10.3. The van der Waals surface area contributed by atoms with Crippen molar-refractivity contribution in [1.82, 2.24) is 9.80 Å². The Bertz CT molecular complexity index is 432. The largest absolute Gasteiger partial charge is 0.379 e. The van der Waals surface area contributed by atoms with Crippen molar-refractivity contribution in [3.8, 4) is 0 Å². The Morgan fingerprint density at radius 3 is 2.90 bits per heavy atom. The summed E-state index contributed by atoms with van der Waals surface area (Å²) in [5.74, 6) is 0.913. The van der Waals surface area contributed by atoms with Gasteiger partial charge in [-0.15, -0.1) is 23.1 Å². The zero-order valence-electron chi connectivity index (χ0n) is 11.5. The number of rotatable bonds is 5. The normalized spacial score (nSPS) is 24.5. The van der Waals surface area contributed by atoms with E-state index in [0.717, 1.165) is 45.8 Å². The molecule has 1 atom stereocenters. The molecule has 2 fully saturated rings. The maximum absolute atomic E-state index is 12.0. The van der Waals surface area contributed by atoms with Crippen LogP contribution in [0.15, 0.2) is 17.5 Å². The number of morpholine rings is 1. The molecular weight excluding hydrogens is 292 g/mol. The molecule has 0 saturated carbocycles. The highest BCUT2D eigenvalue weighted by Crippen LogP contribution is 2.40. The van der Waals surface area contributed by atoms with Crippen LogP contribution in [0.3, 0.4) is 0 Å². The summed E-state index contributed by atoms with van der Waals surface area (Å²) in [6.07, 6.45) is 1.05. The lowest BCUT2D eigenvalue weighted by Gasteiger charge is -2.28. The van der Waals surface area contributed by atoms with Crippen molar-refractivity contribution in [3.05, 3.63) is 22.4 Å². The minimum atomic E-state index is 0.243. The maximum Gasteiger partial charge on any atom is 0.233 e. The van der Waals surface area contributed by atoms with Crippen LogP contribution in [-0.4, -0.2) is 60.9 Å². The van der Waals surface area contributed by atoms with Crippen LogP contribution in [-0.2, 0) is 9.53 Å². The Labute approximate surface area is 128 Å². The summed E-state index contributed by atoms with van der Waals surface area (Å²) >= 11 is 3.50. The van der Waals surface area contributed by atoms with Crippen molar-refractivity contribution >= 4 is 29.0 Å². The second kappa shape index (κ2) is 6.93. The zero-order valence-corrected chi connectivity index (χ0v) is 13.1. The molecule has 2 aliphatic heterocycles. The first-order valence-electron chi connectivity index (χ1n) is 7.09. The van der Waals surface area contributed by atoms with Crippen LogP contribution in [0, 0.1) is 0 Å². The van der Waals surface area contributed by atoms with Crippen LogP contribution >= 0.6 is 23.1 Å². The van der Waals surface area contributed by atoms with Crippen molar-refractivity contribution in [1.29, 1.82) is 0 Å². The van der Waals surface area contributed by atoms with Crippen LogP contribution in [0.25, 0.3) is 0 Å². The second-order valence-electron chi connectivity index (χ2n) is 5.07. The third-order valence-corrected chi connectivity index (χ3v) is 6.04. The molecule has 1 aromatic rings. The van der Waals surface area contributed by atoms with Crippen molar-refractivity contribution in [2.75, 3.05) is 45.1 Å². The number of thioether (sulfide) groups is 1. The summed E-state index contributed by atoms with van der Waals surface area (Å²) in [6.45, 7) is 5.67. The fourth-order valence-corrected chi connectivity index (χ4v) is 4.85. The summed E-state index contributed by atoms with van der Waals surface area (Å²) in [5.41, 5.74) is 0. The summed E-state index contributed by atoms with van der Waals surface area (Å²) in [4.78, 5) is 17.8. The third kappa shape index (κ3) is 3.36. The average Bonchev–Trinajstić information content (AvgIpc) is 3.11. The molecule has 4 nitrogen and oxygen atoms in total. The molecule has 0 radical (unpaired) electrons. The van der Waals surface area contributed by atoms with E-state index in [-0.39, 0.29) is 11.3 Å². The van der Waals surface area contributed by atoms with Crippen molar-refractivity contribution < 1.29 is 9.53 Å². The van der Waals surface area contributed by atoms with Crippen LogP contribution < -0.4 is 0 Å². The molecular formula is C14H20N2O2S2. The molecule has 1 aromatic heterocycles. The molecule has 0 bridgehead atoms. The Morgan fingerprint density at radius 1 is 1.30 bits per heavy atom. The minimum Gasteiger partial charge on any atom is -0.379 e. The summed E-state index contributed by atoms with van der Waals surface area (Å²) in [6, 6.07) is 4.20. The molecule has 0 spiro atoms. The SMILES string of the molecule is O=C1CSC(c2cccs2)N1CCCN1CCOCC1. The molecule has 0 aromatic carbocycles. The summed E-state index contributed by atoms with van der Waals surface area (Å²) in [7, 11) is 0. The van der Waals surface area contributed by atoms with Crippen molar-refractivity contribution in [2.24, 2.45) is 0 Å². The van der Waals surface area contributed by atoms with Gasteiger partial charge in [-0.25, -0.2) is 0 Å². The Hall–Kier alpha value is -0.560. The number of thiophene rings is 1. The minimum absolute atomic E-state index is 0.243. The van der Waals surface area contributed by atoms with Gasteiger partial charge in [-0.2, -0.15) is 0 Å². The predicted molar refractivity (Wildman–Crippen MR) is 83.1 cm³/mol. The fraction of sp³-hybridized carbons (Fsp3) is 0.643. The van der Waals surface area contributed by atoms with Gasteiger partial charge in [0.1, 0.15) is 5.37 Å². The quantitative estimate of drug-likeness (QED) is 0.833. The molecule has 0 aliphatic carbocycles. The zero-order chi connectivity index (χ0) is 13.8. The highest BCUT2D eigenvalue weighted by molar-refractivity contribution is 8.00. The van der Waals surface area contributed by atoms with E-state index >= 15 is 0 Å². The number of hydrogen-bond donors (Lipinski definition) is 0. The Balaban J connectivity index is 1.50. The van der Waals surface area contributed by atoms with Crippen molar-refractivity contribution in [2.45, 2.75) is 11.8 Å². The fourth-order valence-electron chi connectivity index (χ4n) is 2.65. The number of hydrogen-bond acceptors (Lipinski definition) is 5. The Morgan fingerprint density at radius 2 is 2.15 bits per heavy atom. The highest BCUT2D eigenvalue weighted by Gasteiger charge is 2.32. The van der Waals surface area contributed by atoms with Gasteiger partial charge in [0, 0.05) is 31.1 Å². The van der Waals surface area contributed by atoms with E-state index in [0.29, 0.717) is 5.75 Å². The third-order valence-electron chi connectivity index (χ3n) is 3.73. The van der Waals surface area contributed by atoms with Gasteiger partial charge in [0.25, 0.3) is 0 Å². The van der Waals surface area contributed by atoms with E-state index in [1.165, 1.54) is 4.88 Å². The molecule has 1 unspecified atom stereocenters. The molecule has 6 heteroatoms. The van der Waals surface area contributed by atoms with E-state index in [1.807, 2.05) is 0 Å². The first-order chi connectivity index (χ1) is 9.84. The van der Waals surface area contributed by atoms with Gasteiger partial charge in [0.15, 0.2) is 0 Å². The maximum atomic E-state index is 12.0. The summed E-state index contributed by atoms with van der Waals surface area (Å²) < 4.78 is 5.35. The highest BCUT2D eigenvalue weighted by atomic mass is 32.2. The molecule has 110 valence electrons. The van der Waals surface area contributed by atoms with Crippen molar-refractivity contribution in [3.63, 3.8) is 0 Å². The molecule has 0 N–H and O–H groups in total. The van der Waals surface area contributed by atoms with Gasteiger partial charge < -0.3 is 9.64 Å². The summed E-state index contributed by atoms with van der Waals surface area (Å²) in [5, 5.41) is 2.33. The Kier molecular flexibility index (Phi) is 4.99. The van der Waals surface area contributed by atoms with Gasteiger partial charge in [-0.1, -0.05) is 6.07 Å². The molecule has 20 heavy (non-hydrogen) atoms. The van der Waals surface area contributed by atoms with Gasteiger partial charge in [-0.05, 0) is 17.9 Å². The van der Waals surface area contributed by atoms with Gasteiger partial charge in [-0.3, -0.25) is 9.69 Å². The predicted octanol–water partition coefficient (Wildman–Crippen LogP) is 2.04. The topological polar surface area (TPSA) is 32.8 Å². The van der Waals surface area contributed by atoms with E-state index < -0.39 is 0 Å². The molecule has 1 amide bonds. The van der Waals surface area contributed by atoms with Crippen LogP contribution in [0.4, 0.5) is 0 Å².